The van der Waals surface area contributed by atoms with Gasteiger partial charge in [-0.05, 0) is 31.2 Å². The Labute approximate surface area is 158 Å². The summed E-state index contributed by atoms with van der Waals surface area (Å²) in [5, 5.41) is 5.33. The van der Waals surface area contributed by atoms with E-state index < -0.39 is 0 Å². The molecule has 4 rings (SSSR count). The minimum Gasteiger partial charge on any atom is -0.342 e. The minimum atomic E-state index is -0.192. The van der Waals surface area contributed by atoms with Crippen molar-refractivity contribution in [1.29, 1.82) is 0 Å². The molecule has 0 aliphatic carbocycles. The van der Waals surface area contributed by atoms with Crippen molar-refractivity contribution >= 4 is 5.91 Å². The summed E-state index contributed by atoms with van der Waals surface area (Å²) in [5.74, 6) is 1.03. The van der Waals surface area contributed by atoms with Crippen molar-refractivity contribution < 1.29 is 4.79 Å². The highest BCUT2D eigenvalue weighted by atomic mass is 16.2. The number of aromatic nitrogens is 2. The standard InChI is InChI=1S/C20H27N5O2/c1-13-16(20(27)24-22-13)11-18(26)25-9-7-15(8-10-25)19-17(12-21-23-19)14-5-3-2-4-6-14/h2-6,15,17,19,21,23H,7-12H2,1H3,(H2,22,24,27). The number of hydrogen-bond donors (Lipinski definition) is 4. The second-order valence-corrected chi connectivity index (χ2v) is 7.65. The molecule has 1 amide bonds. The molecule has 0 radical (unpaired) electrons. The van der Waals surface area contributed by atoms with Crippen molar-refractivity contribution in [2.45, 2.75) is 38.1 Å². The number of aromatic amines is 2. The van der Waals surface area contributed by atoms with E-state index in [1.54, 1.807) is 0 Å². The van der Waals surface area contributed by atoms with E-state index in [1.807, 2.05) is 11.8 Å². The van der Waals surface area contributed by atoms with Gasteiger partial charge in [-0.15, -0.1) is 0 Å². The van der Waals surface area contributed by atoms with Crippen LogP contribution in [0.25, 0.3) is 0 Å². The molecule has 4 N–H and O–H groups in total. The van der Waals surface area contributed by atoms with E-state index in [4.69, 9.17) is 0 Å². The van der Waals surface area contributed by atoms with Crippen molar-refractivity contribution in [3.63, 3.8) is 0 Å². The van der Waals surface area contributed by atoms with Crippen LogP contribution < -0.4 is 16.4 Å². The van der Waals surface area contributed by atoms with Crippen LogP contribution in [0, 0.1) is 12.8 Å². The monoisotopic (exact) mass is 369 g/mol. The summed E-state index contributed by atoms with van der Waals surface area (Å²) in [6, 6.07) is 11.0. The molecule has 2 atom stereocenters. The number of nitrogens with one attached hydrogen (secondary N) is 4. The van der Waals surface area contributed by atoms with Crippen LogP contribution in [0.1, 0.15) is 35.6 Å². The largest absolute Gasteiger partial charge is 0.342 e. The van der Waals surface area contributed by atoms with Gasteiger partial charge in [0.25, 0.3) is 5.56 Å². The fourth-order valence-electron chi connectivity index (χ4n) is 4.44. The number of nitrogens with zero attached hydrogens (tertiary/aromatic N) is 1. The zero-order chi connectivity index (χ0) is 18.8. The van der Waals surface area contributed by atoms with Crippen LogP contribution in [0.4, 0.5) is 0 Å². The van der Waals surface area contributed by atoms with E-state index in [2.05, 4.69) is 51.4 Å². The van der Waals surface area contributed by atoms with Gasteiger partial charge in [0.1, 0.15) is 0 Å². The Balaban J connectivity index is 1.36. The average molecular weight is 369 g/mol. The van der Waals surface area contributed by atoms with Gasteiger partial charge >= 0.3 is 0 Å². The van der Waals surface area contributed by atoms with Crippen molar-refractivity contribution in [3.05, 3.63) is 57.5 Å². The molecule has 7 heteroatoms. The van der Waals surface area contributed by atoms with Crippen LogP contribution in [0.3, 0.4) is 0 Å². The Kier molecular flexibility index (Phi) is 5.13. The number of carbonyl (C=O) groups excluding carboxylic acids is 1. The Morgan fingerprint density at radius 3 is 2.56 bits per heavy atom. The van der Waals surface area contributed by atoms with Crippen LogP contribution in [-0.4, -0.2) is 46.7 Å². The SMILES string of the molecule is Cc1[nH][nH]c(=O)c1CC(=O)N1CCC(C2NNCC2c2ccccc2)CC1. The van der Waals surface area contributed by atoms with Crippen molar-refractivity contribution in [1.82, 2.24) is 25.9 Å². The molecule has 3 heterocycles. The molecule has 1 aromatic carbocycles. The molecule has 2 aliphatic rings. The number of amides is 1. The maximum atomic E-state index is 12.6. The average Bonchev–Trinajstić information content (AvgIpc) is 3.31. The number of carbonyl (C=O) groups is 1. The third-order valence-corrected chi connectivity index (χ3v) is 6.07. The lowest BCUT2D eigenvalue weighted by atomic mass is 9.80. The van der Waals surface area contributed by atoms with Gasteiger partial charge in [0.05, 0.1) is 6.42 Å². The lowest BCUT2D eigenvalue weighted by Gasteiger charge is -2.36. The summed E-state index contributed by atoms with van der Waals surface area (Å²) in [7, 11) is 0. The van der Waals surface area contributed by atoms with Gasteiger partial charge in [0, 0.05) is 42.9 Å². The Morgan fingerprint density at radius 2 is 1.89 bits per heavy atom. The fourth-order valence-corrected chi connectivity index (χ4v) is 4.44. The molecular weight excluding hydrogens is 342 g/mol. The molecule has 27 heavy (non-hydrogen) atoms. The molecule has 2 unspecified atom stereocenters. The number of benzene rings is 1. The normalized spacial score (nSPS) is 23.7. The first-order chi connectivity index (χ1) is 13.1. The number of aryl methyl sites for hydroxylation is 1. The van der Waals surface area contributed by atoms with Crippen molar-refractivity contribution in [3.8, 4) is 0 Å². The van der Waals surface area contributed by atoms with Crippen LogP contribution >= 0.6 is 0 Å². The molecule has 1 aromatic heterocycles. The van der Waals surface area contributed by atoms with Gasteiger partial charge in [-0.3, -0.25) is 25.5 Å². The first-order valence-corrected chi connectivity index (χ1v) is 9.70. The molecule has 0 saturated carbocycles. The second-order valence-electron chi connectivity index (χ2n) is 7.65. The maximum absolute atomic E-state index is 12.6. The molecule has 7 nitrogen and oxygen atoms in total. The van der Waals surface area contributed by atoms with E-state index in [9.17, 15) is 9.59 Å². The first-order valence-electron chi connectivity index (χ1n) is 9.70. The Bertz CT molecular complexity index is 836. The zero-order valence-electron chi connectivity index (χ0n) is 15.6. The highest BCUT2D eigenvalue weighted by Gasteiger charge is 2.36. The third-order valence-electron chi connectivity index (χ3n) is 6.07. The molecule has 0 bridgehead atoms. The van der Waals surface area contributed by atoms with Gasteiger partial charge < -0.3 is 10.00 Å². The maximum Gasteiger partial charge on any atom is 0.267 e. The number of rotatable bonds is 4. The van der Waals surface area contributed by atoms with E-state index in [0.717, 1.165) is 38.2 Å². The second kappa shape index (κ2) is 7.70. The molecule has 2 fully saturated rings. The fraction of sp³-hybridized carbons (Fsp3) is 0.500. The van der Waals surface area contributed by atoms with Crippen molar-refractivity contribution in [2.75, 3.05) is 19.6 Å². The number of H-pyrrole nitrogens is 2. The van der Waals surface area contributed by atoms with E-state index in [-0.39, 0.29) is 17.9 Å². The highest BCUT2D eigenvalue weighted by Crippen LogP contribution is 2.32. The predicted molar refractivity (Wildman–Crippen MR) is 103 cm³/mol. The zero-order valence-corrected chi connectivity index (χ0v) is 15.6. The van der Waals surface area contributed by atoms with Gasteiger partial charge in [0.2, 0.25) is 5.91 Å². The molecule has 2 saturated heterocycles. The Hall–Kier alpha value is -2.38. The van der Waals surface area contributed by atoms with Crippen LogP contribution in [0.2, 0.25) is 0 Å². The van der Waals surface area contributed by atoms with Gasteiger partial charge in [0.15, 0.2) is 0 Å². The summed E-state index contributed by atoms with van der Waals surface area (Å²) in [5.41, 5.74) is 9.25. The molecule has 2 aromatic rings. The number of likely N-dealkylation sites (tertiary alicyclic amines) is 1. The van der Waals surface area contributed by atoms with E-state index in [0.29, 0.717) is 23.4 Å². The molecule has 0 spiro atoms. The number of piperidine rings is 1. The quantitative estimate of drug-likeness (QED) is 0.648. The van der Waals surface area contributed by atoms with Gasteiger partial charge in [-0.1, -0.05) is 30.3 Å². The van der Waals surface area contributed by atoms with Crippen LogP contribution in [0.5, 0.6) is 0 Å². The summed E-state index contributed by atoms with van der Waals surface area (Å²) >= 11 is 0. The van der Waals surface area contributed by atoms with E-state index >= 15 is 0 Å². The van der Waals surface area contributed by atoms with Gasteiger partial charge in [-0.2, -0.15) is 0 Å². The summed E-state index contributed by atoms with van der Waals surface area (Å²) < 4.78 is 0. The smallest absolute Gasteiger partial charge is 0.267 e. The lowest BCUT2D eigenvalue weighted by molar-refractivity contribution is -0.132. The summed E-state index contributed by atoms with van der Waals surface area (Å²) in [4.78, 5) is 26.3. The summed E-state index contributed by atoms with van der Waals surface area (Å²) in [6.07, 6.45) is 2.14. The van der Waals surface area contributed by atoms with Crippen LogP contribution in [-0.2, 0) is 11.2 Å². The summed E-state index contributed by atoms with van der Waals surface area (Å²) in [6.45, 7) is 4.26. The minimum absolute atomic E-state index is 0.0405. The van der Waals surface area contributed by atoms with Crippen LogP contribution in [0.15, 0.2) is 35.1 Å². The molecule has 144 valence electrons. The third kappa shape index (κ3) is 3.70. The number of hydrazine groups is 1. The highest BCUT2D eigenvalue weighted by molar-refractivity contribution is 5.79. The first kappa shape index (κ1) is 18.0. The van der Waals surface area contributed by atoms with Gasteiger partial charge in [-0.25, -0.2) is 0 Å². The lowest BCUT2D eigenvalue weighted by Crippen LogP contribution is -2.46. The Morgan fingerprint density at radius 1 is 1.15 bits per heavy atom. The molecular formula is C20H27N5O2. The number of hydrogen-bond acceptors (Lipinski definition) is 4. The van der Waals surface area contributed by atoms with Crippen molar-refractivity contribution in [2.24, 2.45) is 5.92 Å². The topological polar surface area (TPSA) is 93.0 Å². The predicted octanol–water partition coefficient (Wildman–Crippen LogP) is 1.05. The van der Waals surface area contributed by atoms with E-state index in [1.165, 1.54) is 5.56 Å². The molecule has 2 aliphatic heterocycles.